The zero-order chi connectivity index (χ0) is 13.8. The SMILES string of the molecule is Nc1c[nH]c(C(=O)Nc2ccccc2OC(F)F)c1. The first-order valence-corrected chi connectivity index (χ1v) is 5.35. The number of aromatic nitrogens is 1. The molecule has 0 saturated carbocycles. The summed E-state index contributed by atoms with van der Waals surface area (Å²) in [4.78, 5) is 14.5. The molecular formula is C12H11F2N3O2. The van der Waals surface area contributed by atoms with Gasteiger partial charge in [0.05, 0.1) is 5.69 Å². The van der Waals surface area contributed by atoms with E-state index in [1.807, 2.05) is 0 Å². The fraction of sp³-hybridized carbons (Fsp3) is 0.0833. The van der Waals surface area contributed by atoms with Crippen LogP contribution in [-0.2, 0) is 0 Å². The summed E-state index contributed by atoms with van der Waals surface area (Å²) in [5.74, 6) is -0.604. The number of ether oxygens (including phenoxy) is 1. The molecule has 0 unspecified atom stereocenters. The highest BCUT2D eigenvalue weighted by Gasteiger charge is 2.13. The van der Waals surface area contributed by atoms with E-state index in [1.54, 1.807) is 6.07 Å². The Hall–Kier alpha value is -2.57. The van der Waals surface area contributed by atoms with Crippen LogP contribution in [0.1, 0.15) is 10.5 Å². The second-order valence-electron chi connectivity index (χ2n) is 3.68. The van der Waals surface area contributed by atoms with Gasteiger partial charge in [0.1, 0.15) is 11.4 Å². The Morgan fingerprint density at radius 2 is 2.11 bits per heavy atom. The summed E-state index contributed by atoms with van der Waals surface area (Å²) < 4.78 is 28.7. The molecule has 0 aliphatic rings. The van der Waals surface area contributed by atoms with E-state index in [0.29, 0.717) is 5.69 Å². The topological polar surface area (TPSA) is 80.1 Å². The number of nitrogens with one attached hydrogen (secondary N) is 2. The van der Waals surface area contributed by atoms with Crippen molar-refractivity contribution >= 4 is 17.3 Å². The van der Waals surface area contributed by atoms with E-state index in [4.69, 9.17) is 5.73 Å². The first-order chi connectivity index (χ1) is 9.06. The van der Waals surface area contributed by atoms with Crippen molar-refractivity contribution in [3.8, 4) is 5.75 Å². The van der Waals surface area contributed by atoms with Crippen LogP contribution in [0.25, 0.3) is 0 Å². The van der Waals surface area contributed by atoms with E-state index in [0.717, 1.165) is 0 Å². The molecule has 0 bridgehead atoms. The van der Waals surface area contributed by atoms with Crippen molar-refractivity contribution in [2.24, 2.45) is 0 Å². The zero-order valence-electron chi connectivity index (χ0n) is 9.69. The highest BCUT2D eigenvalue weighted by Crippen LogP contribution is 2.25. The average molecular weight is 267 g/mol. The number of aromatic amines is 1. The highest BCUT2D eigenvalue weighted by molar-refractivity contribution is 6.04. The molecule has 1 heterocycles. The summed E-state index contributed by atoms with van der Waals surface area (Å²) in [6.07, 6.45) is 1.45. The Kier molecular flexibility index (Phi) is 3.65. The summed E-state index contributed by atoms with van der Waals surface area (Å²) in [7, 11) is 0. The Morgan fingerprint density at radius 3 is 2.74 bits per heavy atom. The van der Waals surface area contributed by atoms with Gasteiger partial charge in [-0.1, -0.05) is 12.1 Å². The van der Waals surface area contributed by atoms with Crippen molar-refractivity contribution in [1.29, 1.82) is 0 Å². The minimum atomic E-state index is -2.96. The number of carbonyl (C=O) groups is 1. The fourth-order valence-corrected chi connectivity index (χ4v) is 1.50. The maximum atomic E-state index is 12.2. The standard InChI is InChI=1S/C12H11F2N3O2/c13-12(14)19-10-4-2-1-3-8(10)17-11(18)9-5-7(15)6-16-9/h1-6,12,16H,15H2,(H,17,18). The highest BCUT2D eigenvalue weighted by atomic mass is 19.3. The van der Waals surface area contributed by atoms with E-state index < -0.39 is 12.5 Å². The summed E-state index contributed by atoms with van der Waals surface area (Å²) in [6, 6.07) is 7.36. The molecule has 1 amide bonds. The van der Waals surface area contributed by atoms with Gasteiger partial charge in [-0.15, -0.1) is 0 Å². The largest absolute Gasteiger partial charge is 0.433 e. The van der Waals surface area contributed by atoms with Gasteiger partial charge in [0.25, 0.3) is 5.91 Å². The van der Waals surface area contributed by atoms with Gasteiger partial charge in [0.15, 0.2) is 0 Å². The Morgan fingerprint density at radius 1 is 1.37 bits per heavy atom. The van der Waals surface area contributed by atoms with Gasteiger partial charge in [0, 0.05) is 11.9 Å². The molecule has 0 saturated heterocycles. The molecule has 0 aliphatic heterocycles. The van der Waals surface area contributed by atoms with Crippen LogP contribution in [0.15, 0.2) is 36.5 Å². The van der Waals surface area contributed by atoms with Crippen molar-refractivity contribution in [2.45, 2.75) is 6.61 Å². The molecule has 1 aromatic heterocycles. The lowest BCUT2D eigenvalue weighted by Gasteiger charge is -2.10. The third kappa shape index (κ3) is 3.21. The molecule has 0 atom stereocenters. The number of halogens is 2. The van der Waals surface area contributed by atoms with Crippen molar-refractivity contribution < 1.29 is 18.3 Å². The molecular weight excluding hydrogens is 256 g/mol. The molecule has 0 aliphatic carbocycles. The molecule has 5 nitrogen and oxygen atoms in total. The number of nitrogen functional groups attached to an aromatic ring is 1. The number of anilines is 2. The normalized spacial score (nSPS) is 10.5. The summed E-state index contributed by atoms with van der Waals surface area (Å²) >= 11 is 0. The Labute approximate surface area is 107 Å². The second kappa shape index (κ2) is 5.38. The summed E-state index contributed by atoms with van der Waals surface area (Å²) in [6.45, 7) is -2.96. The number of alkyl halides is 2. The number of amides is 1. The fourth-order valence-electron chi connectivity index (χ4n) is 1.50. The van der Waals surface area contributed by atoms with Crippen molar-refractivity contribution in [3.05, 3.63) is 42.2 Å². The molecule has 100 valence electrons. The smallest absolute Gasteiger partial charge is 0.387 e. The minimum Gasteiger partial charge on any atom is -0.433 e. The molecule has 0 radical (unpaired) electrons. The molecule has 1 aromatic carbocycles. The van der Waals surface area contributed by atoms with Crippen LogP contribution in [0.4, 0.5) is 20.2 Å². The third-order valence-corrected chi connectivity index (χ3v) is 2.30. The number of nitrogens with two attached hydrogens (primary N) is 1. The molecule has 2 rings (SSSR count). The zero-order valence-corrected chi connectivity index (χ0v) is 9.69. The first kappa shape index (κ1) is 12.9. The lowest BCUT2D eigenvalue weighted by molar-refractivity contribution is -0.0493. The molecule has 2 aromatic rings. The summed E-state index contributed by atoms with van der Waals surface area (Å²) in [5, 5.41) is 2.46. The molecule has 19 heavy (non-hydrogen) atoms. The van der Waals surface area contributed by atoms with Crippen molar-refractivity contribution in [2.75, 3.05) is 11.1 Å². The van der Waals surface area contributed by atoms with E-state index >= 15 is 0 Å². The number of H-pyrrole nitrogens is 1. The van der Waals surface area contributed by atoms with Gasteiger partial charge >= 0.3 is 6.61 Å². The number of para-hydroxylation sites is 2. The van der Waals surface area contributed by atoms with Crippen LogP contribution >= 0.6 is 0 Å². The Bertz CT molecular complexity index is 584. The summed E-state index contributed by atoms with van der Waals surface area (Å²) in [5.41, 5.74) is 6.26. The number of hydrogen-bond donors (Lipinski definition) is 3. The second-order valence-corrected chi connectivity index (χ2v) is 3.68. The number of carbonyl (C=O) groups excluding carboxylic acids is 1. The Balaban J connectivity index is 2.16. The lowest BCUT2D eigenvalue weighted by atomic mass is 10.3. The van der Waals surface area contributed by atoms with Gasteiger partial charge in [-0.05, 0) is 18.2 Å². The van der Waals surface area contributed by atoms with E-state index in [2.05, 4.69) is 15.0 Å². The molecule has 4 N–H and O–H groups in total. The molecule has 0 spiro atoms. The van der Waals surface area contributed by atoms with Gasteiger partial charge < -0.3 is 20.8 Å². The van der Waals surface area contributed by atoms with Crippen LogP contribution in [0.5, 0.6) is 5.75 Å². The van der Waals surface area contributed by atoms with Crippen molar-refractivity contribution in [3.63, 3.8) is 0 Å². The third-order valence-electron chi connectivity index (χ3n) is 2.30. The van der Waals surface area contributed by atoms with E-state index in [1.165, 1.54) is 30.5 Å². The average Bonchev–Trinajstić information content (AvgIpc) is 2.78. The monoisotopic (exact) mass is 267 g/mol. The predicted octanol–water partition coefficient (Wildman–Crippen LogP) is 2.45. The number of rotatable bonds is 4. The first-order valence-electron chi connectivity index (χ1n) is 5.35. The quantitative estimate of drug-likeness (QED) is 0.796. The predicted molar refractivity (Wildman–Crippen MR) is 66.2 cm³/mol. The van der Waals surface area contributed by atoms with E-state index in [9.17, 15) is 13.6 Å². The van der Waals surface area contributed by atoms with Crippen LogP contribution in [0, 0.1) is 0 Å². The van der Waals surface area contributed by atoms with Crippen LogP contribution < -0.4 is 15.8 Å². The van der Waals surface area contributed by atoms with Gasteiger partial charge in [-0.3, -0.25) is 4.79 Å². The lowest BCUT2D eigenvalue weighted by Crippen LogP contribution is -2.14. The van der Waals surface area contributed by atoms with Gasteiger partial charge in [-0.25, -0.2) is 0 Å². The number of hydrogen-bond acceptors (Lipinski definition) is 3. The van der Waals surface area contributed by atoms with Crippen LogP contribution in [0.3, 0.4) is 0 Å². The van der Waals surface area contributed by atoms with E-state index in [-0.39, 0.29) is 17.1 Å². The van der Waals surface area contributed by atoms with Crippen molar-refractivity contribution in [1.82, 2.24) is 4.98 Å². The number of benzene rings is 1. The molecule has 7 heteroatoms. The molecule has 0 fully saturated rings. The van der Waals surface area contributed by atoms with Gasteiger partial charge in [0.2, 0.25) is 0 Å². The van der Waals surface area contributed by atoms with Crippen LogP contribution in [0.2, 0.25) is 0 Å². The van der Waals surface area contributed by atoms with Crippen LogP contribution in [-0.4, -0.2) is 17.5 Å². The minimum absolute atomic E-state index is 0.106. The maximum absolute atomic E-state index is 12.2. The van der Waals surface area contributed by atoms with Gasteiger partial charge in [-0.2, -0.15) is 8.78 Å². The maximum Gasteiger partial charge on any atom is 0.387 e.